The third-order valence-electron chi connectivity index (χ3n) is 4.45. The van der Waals surface area contributed by atoms with Gasteiger partial charge in [-0.25, -0.2) is 0 Å². The van der Waals surface area contributed by atoms with Gasteiger partial charge in [0, 0.05) is 29.2 Å². The lowest BCUT2D eigenvalue weighted by atomic mass is 10.1. The minimum Gasteiger partial charge on any atom is -0.384 e. The Kier molecular flexibility index (Phi) is 4.41. The fourth-order valence-corrected chi connectivity index (χ4v) is 4.26. The molecule has 1 atom stereocenters. The third-order valence-corrected chi connectivity index (χ3v) is 5.42. The van der Waals surface area contributed by atoms with Crippen LogP contribution < -0.4 is 5.32 Å². The number of nitrogens with one attached hydrogen (secondary N) is 1. The molecule has 2 aliphatic rings. The molecule has 22 heavy (non-hydrogen) atoms. The fraction of sp³-hybridized carbons (Fsp3) is 0.353. The first-order valence-electron chi connectivity index (χ1n) is 7.54. The van der Waals surface area contributed by atoms with E-state index < -0.39 is 0 Å². The largest absolute Gasteiger partial charge is 0.384 e. The number of fused-ring (bicyclic) bond motifs is 1. The van der Waals surface area contributed by atoms with E-state index in [0.717, 1.165) is 37.9 Å². The van der Waals surface area contributed by atoms with Crippen molar-refractivity contribution >= 4 is 35.3 Å². The number of halogens is 1. The highest BCUT2D eigenvalue weighted by molar-refractivity contribution is 7.10. The molecular formula is C17H19ClN2OS. The molecule has 1 fully saturated rings. The molecule has 2 aromatic rings. The summed E-state index contributed by atoms with van der Waals surface area (Å²) in [5, 5.41) is 5.44. The van der Waals surface area contributed by atoms with E-state index in [4.69, 9.17) is 0 Å². The summed E-state index contributed by atoms with van der Waals surface area (Å²) in [5.41, 5.74) is 3.29. The second-order valence-electron chi connectivity index (χ2n) is 5.72. The topological polar surface area (TPSA) is 32.3 Å². The van der Waals surface area contributed by atoms with Crippen molar-refractivity contribution < 1.29 is 4.79 Å². The van der Waals surface area contributed by atoms with Crippen LogP contribution in [-0.4, -0.2) is 23.9 Å². The van der Waals surface area contributed by atoms with Crippen molar-refractivity contribution in [2.24, 2.45) is 0 Å². The predicted molar refractivity (Wildman–Crippen MR) is 93.2 cm³/mol. The number of carbonyl (C=O) groups is 1. The van der Waals surface area contributed by atoms with Gasteiger partial charge in [0.2, 0.25) is 0 Å². The Morgan fingerprint density at radius 2 is 2.23 bits per heavy atom. The van der Waals surface area contributed by atoms with Crippen LogP contribution in [-0.2, 0) is 6.42 Å². The Hall–Kier alpha value is -1.52. The average Bonchev–Trinajstić information content (AvgIpc) is 3.24. The van der Waals surface area contributed by atoms with Crippen LogP contribution in [0.1, 0.15) is 39.7 Å². The second-order valence-corrected chi connectivity index (χ2v) is 6.70. The van der Waals surface area contributed by atoms with E-state index >= 15 is 0 Å². The molecule has 116 valence electrons. The van der Waals surface area contributed by atoms with Gasteiger partial charge in [0.05, 0.1) is 6.04 Å². The maximum Gasteiger partial charge on any atom is 0.254 e. The van der Waals surface area contributed by atoms with Crippen molar-refractivity contribution in [2.75, 3.05) is 18.4 Å². The zero-order chi connectivity index (χ0) is 14.2. The van der Waals surface area contributed by atoms with E-state index in [9.17, 15) is 4.79 Å². The lowest BCUT2D eigenvalue weighted by molar-refractivity contribution is 0.0738. The van der Waals surface area contributed by atoms with Crippen LogP contribution in [0.4, 0.5) is 5.69 Å². The molecule has 2 aliphatic heterocycles. The summed E-state index contributed by atoms with van der Waals surface area (Å²) in [6, 6.07) is 10.6. The molecule has 5 heteroatoms. The highest BCUT2D eigenvalue weighted by Crippen LogP contribution is 2.36. The van der Waals surface area contributed by atoms with Crippen molar-refractivity contribution in [3.63, 3.8) is 0 Å². The number of anilines is 1. The summed E-state index contributed by atoms with van der Waals surface area (Å²) in [5.74, 6) is 0.181. The molecule has 0 radical (unpaired) electrons. The number of amides is 1. The molecule has 3 heterocycles. The molecule has 0 saturated carbocycles. The average molecular weight is 335 g/mol. The highest BCUT2D eigenvalue weighted by Gasteiger charge is 2.31. The molecule has 1 N–H and O–H groups in total. The van der Waals surface area contributed by atoms with Gasteiger partial charge in [0.25, 0.3) is 5.91 Å². The Labute approximate surface area is 140 Å². The fourth-order valence-electron chi connectivity index (χ4n) is 3.39. The van der Waals surface area contributed by atoms with Crippen LogP contribution in [0.5, 0.6) is 0 Å². The van der Waals surface area contributed by atoms with E-state index in [1.54, 1.807) is 11.3 Å². The van der Waals surface area contributed by atoms with Gasteiger partial charge in [-0.05, 0) is 54.5 Å². The van der Waals surface area contributed by atoms with E-state index in [2.05, 4.69) is 33.8 Å². The molecule has 0 bridgehead atoms. The number of likely N-dealkylation sites (tertiary alicyclic amines) is 1. The molecule has 1 aromatic carbocycles. The Morgan fingerprint density at radius 3 is 3.05 bits per heavy atom. The maximum absolute atomic E-state index is 12.9. The second kappa shape index (κ2) is 6.31. The SMILES string of the molecule is Cl.O=C(c1ccc2c(c1)CCN2)N1CCCC1c1cccs1. The number of nitrogens with zero attached hydrogens (tertiary/aromatic N) is 1. The number of carbonyl (C=O) groups excluding carboxylic acids is 1. The normalized spacial score (nSPS) is 19.5. The van der Waals surface area contributed by atoms with Gasteiger partial charge in [-0.2, -0.15) is 0 Å². The van der Waals surface area contributed by atoms with Crippen LogP contribution in [0, 0.1) is 0 Å². The van der Waals surface area contributed by atoms with Gasteiger partial charge in [-0.15, -0.1) is 23.7 Å². The Balaban J connectivity index is 0.00000144. The van der Waals surface area contributed by atoms with E-state index in [1.165, 1.54) is 16.1 Å². The van der Waals surface area contributed by atoms with Gasteiger partial charge in [0.1, 0.15) is 0 Å². The summed E-state index contributed by atoms with van der Waals surface area (Å²) in [6.45, 7) is 1.85. The Bertz CT molecular complexity index is 671. The van der Waals surface area contributed by atoms with E-state index in [1.807, 2.05) is 12.1 Å². The van der Waals surface area contributed by atoms with Gasteiger partial charge < -0.3 is 10.2 Å². The first kappa shape index (κ1) is 15.4. The zero-order valence-corrected chi connectivity index (χ0v) is 13.9. The first-order chi connectivity index (χ1) is 10.3. The number of hydrogen-bond donors (Lipinski definition) is 1. The van der Waals surface area contributed by atoms with E-state index in [0.29, 0.717) is 0 Å². The summed E-state index contributed by atoms with van der Waals surface area (Å²) >= 11 is 1.75. The third kappa shape index (κ3) is 2.61. The monoisotopic (exact) mass is 334 g/mol. The molecule has 4 rings (SSSR count). The van der Waals surface area contributed by atoms with Crippen molar-refractivity contribution in [2.45, 2.75) is 25.3 Å². The zero-order valence-electron chi connectivity index (χ0n) is 12.2. The molecule has 1 unspecified atom stereocenters. The van der Waals surface area contributed by atoms with Crippen molar-refractivity contribution in [1.82, 2.24) is 4.90 Å². The number of rotatable bonds is 2. The maximum atomic E-state index is 12.9. The number of hydrogen-bond acceptors (Lipinski definition) is 3. The minimum atomic E-state index is 0. The summed E-state index contributed by atoms with van der Waals surface area (Å²) in [6.07, 6.45) is 3.20. The van der Waals surface area contributed by atoms with Crippen LogP contribution in [0.3, 0.4) is 0 Å². The molecular weight excluding hydrogens is 316 g/mol. The van der Waals surface area contributed by atoms with Gasteiger partial charge >= 0.3 is 0 Å². The van der Waals surface area contributed by atoms with Crippen LogP contribution in [0.25, 0.3) is 0 Å². The number of benzene rings is 1. The molecule has 1 saturated heterocycles. The predicted octanol–water partition coefficient (Wildman–Crippen LogP) is 4.12. The standard InChI is InChI=1S/C17H18N2OS.ClH/c20-17(13-5-6-14-12(11-13)7-8-18-14)19-9-1-3-15(19)16-4-2-10-21-16;/h2,4-6,10-11,15,18H,1,3,7-9H2;1H. The Morgan fingerprint density at radius 1 is 1.32 bits per heavy atom. The summed E-state index contributed by atoms with van der Waals surface area (Å²) in [7, 11) is 0. The van der Waals surface area contributed by atoms with E-state index in [-0.39, 0.29) is 24.4 Å². The van der Waals surface area contributed by atoms with Crippen LogP contribution in [0.2, 0.25) is 0 Å². The van der Waals surface area contributed by atoms with Gasteiger partial charge in [0.15, 0.2) is 0 Å². The number of thiophene rings is 1. The van der Waals surface area contributed by atoms with Crippen LogP contribution in [0.15, 0.2) is 35.7 Å². The van der Waals surface area contributed by atoms with Gasteiger partial charge in [-0.1, -0.05) is 6.07 Å². The summed E-state index contributed by atoms with van der Waals surface area (Å²) in [4.78, 5) is 16.2. The molecule has 1 aromatic heterocycles. The first-order valence-corrected chi connectivity index (χ1v) is 8.42. The highest BCUT2D eigenvalue weighted by atomic mass is 35.5. The lowest BCUT2D eigenvalue weighted by Gasteiger charge is -2.24. The quantitative estimate of drug-likeness (QED) is 0.896. The van der Waals surface area contributed by atoms with Crippen molar-refractivity contribution in [1.29, 1.82) is 0 Å². The minimum absolute atomic E-state index is 0. The molecule has 1 amide bonds. The summed E-state index contributed by atoms with van der Waals surface area (Å²) < 4.78 is 0. The van der Waals surface area contributed by atoms with Crippen molar-refractivity contribution in [3.05, 3.63) is 51.7 Å². The smallest absolute Gasteiger partial charge is 0.254 e. The van der Waals surface area contributed by atoms with Crippen molar-refractivity contribution in [3.8, 4) is 0 Å². The molecule has 0 spiro atoms. The molecule has 0 aliphatic carbocycles. The van der Waals surface area contributed by atoms with Crippen LogP contribution >= 0.6 is 23.7 Å². The van der Waals surface area contributed by atoms with Gasteiger partial charge in [-0.3, -0.25) is 4.79 Å². The molecule has 3 nitrogen and oxygen atoms in total. The lowest BCUT2D eigenvalue weighted by Crippen LogP contribution is -2.30.